The van der Waals surface area contributed by atoms with Crippen LogP contribution in [0.4, 0.5) is 5.69 Å². The Bertz CT molecular complexity index is 442. The number of halogens is 1. The summed E-state index contributed by atoms with van der Waals surface area (Å²) in [5.74, 6) is -1.10. The fourth-order valence-electron chi connectivity index (χ4n) is 0.965. The quantitative estimate of drug-likeness (QED) is 0.520. The molecule has 0 aliphatic carbocycles. The van der Waals surface area contributed by atoms with Crippen molar-refractivity contribution in [3.05, 3.63) is 44.4 Å². The van der Waals surface area contributed by atoms with Gasteiger partial charge in [0.25, 0.3) is 5.69 Å². The summed E-state index contributed by atoms with van der Waals surface area (Å²) in [4.78, 5) is 20.2. The summed E-state index contributed by atoms with van der Waals surface area (Å²) in [6.45, 7) is 0. The van der Waals surface area contributed by atoms with Crippen molar-refractivity contribution in [2.24, 2.45) is 0 Å². The molecule has 78 valence electrons. The van der Waals surface area contributed by atoms with Gasteiger partial charge in [0.1, 0.15) is 0 Å². The molecule has 5 nitrogen and oxygen atoms in total. The van der Waals surface area contributed by atoms with Crippen molar-refractivity contribution >= 4 is 33.7 Å². The Balaban J connectivity index is 3.09. The Kier molecular flexibility index (Phi) is 3.56. The van der Waals surface area contributed by atoms with Gasteiger partial charge in [-0.3, -0.25) is 10.1 Å². The van der Waals surface area contributed by atoms with Crippen molar-refractivity contribution in [2.75, 3.05) is 0 Å². The van der Waals surface area contributed by atoms with E-state index in [-0.39, 0.29) is 5.69 Å². The molecule has 0 spiro atoms. The third-order valence-electron chi connectivity index (χ3n) is 1.53. The fraction of sp³-hybridized carbons (Fsp3) is 0. The molecular weight excluding hydrogens is 266 g/mol. The van der Waals surface area contributed by atoms with E-state index < -0.39 is 10.9 Å². The molecule has 1 aromatic carbocycles. The second-order valence-electron chi connectivity index (χ2n) is 2.67. The summed E-state index contributed by atoms with van der Waals surface area (Å²) in [6, 6.07) is 4.23. The van der Waals surface area contributed by atoms with Gasteiger partial charge in [-0.1, -0.05) is 15.9 Å². The van der Waals surface area contributed by atoms with E-state index in [2.05, 4.69) is 15.9 Å². The SMILES string of the molecule is O=C(O)/C=C/c1cc(Br)cc([N+](=O)[O-])c1. The molecule has 0 aliphatic heterocycles. The molecular formula is C9H6BrNO4. The molecule has 0 aromatic heterocycles. The molecule has 6 heteroatoms. The summed E-state index contributed by atoms with van der Waals surface area (Å²) in [5, 5.41) is 18.9. The Labute approximate surface area is 93.3 Å². The van der Waals surface area contributed by atoms with Crippen LogP contribution in [0.3, 0.4) is 0 Å². The molecule has 0 heterocycles. The molecule has 0 aliphatic rings. The van der Waals surface area contributed by atoms with Gasteiger partial charge in [-0.05, 0) is 17.7 Å². The third kappa shape index (κ3) is 3.51. The number of hydrogen-bond donors (Lipinski definition) is 1. The zero-order valence-electron chi connectivity index (χ0n) is 7.38. The lowest BCUT2D eigenvalue weighted by molar-refractivity contribution is -0.384. The van der Waals surface area contributed by atoms with E-state index in [0.717, 1.165) is 6.08 Å². The average Bonchev–Trinajstić information content (AvgIpc) is 2.13. The van der Waals surface area contributed by atoms with Crippen LogP contribution in [0.25, 0.3) is 6.08 Å². The second kappa shape index (κ2) is 4.70. The molecule has 0 unspecified atom stereocenters. The molecule has 0 amide bonds. The van der Waals surface area contributed by atoms with Crippen molar-refractivity contribution in [2.45, 2.75) is 0 Å². The number of non-ortho nitro benzene ring substituents is 1. The molecule has 0 radical (unpaired) electrons. The van der Waals surface area contributed by atoms with Crippen LogP contribution in [-0.2, 0) is 4.79 Å². The lowest BCUT2D eigenvalue weighted by atomic mass is 10.2. The predicted molar refractivity (Wildman–Crippen MR) is 57.5 cm³/mol. The number of nitrogens with zero attached hydrogens (tertiary/aromatic N) is 1. The number of aliphatic carboxylic acids is 1. The van der Waals surface area contributed by atoms with Crippen molar-refractivity contribution < 1.29 is 14.8 Å². The van der Waals surface area contributed by atoms with Crippen LogP contribution in [0, 0.1) is 10.1 Å². The monoisotopic (exact) mass is 271 g/mol. The first kappa shape index (κ1) is 11.4. The maximum absolute atomic E-state index is 10.5. The maximum atomic E-state index is 10.5. The van der Waals surface area contributed by atoms with Crippen LogP contribution in [0.2, 0.25) is 0 Å². The van der Waals surface area contributed by atoms with Gasteiger partial charge in [0.05, 0.1) is 4.92 Å². The van der Waals surface area contributed by atoms with E-state index >= 15 is 0 Å². The number of carbonyl (C=O) groups is 1. The Morgan fingerprint density at radius 2 is 2.13 bits per heavy atom. The first-order valence-electron chi connectivity index (χ1n) is 3.85. The van der Waals surface area contributed by atoms with Crippen LogP contribution in [0.15, 0.2) is 28.7 Å². The number of hydrogen-bond acceptors (Lipinski definition) is 3. The lowest BCUT2D eigenvalue weighted by Gasteiger charge is -1.96. The van der Waals surface area contributed by atoms with E-state index in [1.54, 1.807) is 6.07 Å². The van der Waals surface area contributed by atoms with E-state index in [1.165, 1.54) is 18.2 Å². The van der Waals surface area contributed by atoms with Crippen molar-refractivity contribution in [1.82, 2.24) is 0 Å². The first-order valence-corrected chi connectivity index (χ1v) is 4.64. The molecule has 0 bridgehead atoms. The Morgan fingerprint density at radius 3 is 2.67 bits per heavy atom. The molecule has 0 atom stereocenters. The molecule has 15 heavy (non-hydrogen) atoms. The van der Waals surface area contributed by atoms with Crippen LogP contribution >= 0.6 is 15.9 Å². The van der Waals surface area contributed by atoms with Gasteiger partial charge in [-0.2, -0.15) is 0 Å². The largest absolute Gasteiger partial charge is 0.478 e. The first-order chi connectivity index (χ1) is 6.99. The number of nitro benzene ring substituents is 1. The highest BCUT2D eigenvalue weighted by atomic mass is 79.9. The summed E-state index contributed by atoms with van der Waals surface area (Å²) >= 11 is 3.10. The van der Waals surface area contributed by atoms with Crippen LogP contribution in [-0.4, -0.2) is 16.0 Å². The van der Waals surface area contributed by atoms with Gasteiger partial charge in [-0.25, -0.2) is 4.79 Å². The normalized spacial score (nSPS) is 10.5. The zero-order valence-corrected chi connectivity index (χ0v) is 8.97. The number of rotatable bonds is 3. The highest BCUT2D eigenvalue weighted by Crippen LogP contribution is 2.21. The number of carboxylic acid groups (broad SMARTS) is 1. The van der Waals surface area contributed by atoms with Crippen LogP contribution in [0.1, 0.15) is 5.56 Å². The molecule has 0 fully saturated rings. The summed E-state index contributed by atoms with van der Waals surface area (Å²) in [5.41, 5.74) is 0.368. The number of carboxylic acids is 1. The van der Waals surface area contributed by atoms with Crippen molar-refractivity contribution in [1.29, 1.82) is 0 Å². The van der Waals surface area contributed by atoms with Gasteiger partial charge in [-0.15, -0.1) is 0 Å². The maximum Gasteiger partial charge on any atom is 0.328 e. The van der Waals surface area contributed by atoms with Crippen LogP contribution < -0.4 is 0 Å². The highest BCUT2D eigenvalue weighted by molar-refractivity contribution is 9.10. The fourth-order valence-corrected chi connectivity index (χ4v) is 1.46. The van der Waals surface area contributed by atoms with E-state index in [9.17, 15) is 14.9 Å². The number of nitro groups is 1. The van der Waals surface area contributed by atoms with Gasteiger partial charge < -0.3 is 5.11 Å². The summed E-state index contributed by atoms with van der Waals surface area (Å²) in [7, 11) is 0. The van der Waals surface area contributed by atoms with E-state index in [4.69, 9.17) is 5.11 Å². The Hall–Kier alpha value is -1.69. The van der Waals surface area contributed by atoms with Gasteiger partial charge in [0.15, 0.2) is 0 Å². The molecule has 1 aromatic rings. The van der Waals surface area contributed by atoms with E-state index in [1.807, 2.05) is 0 Å². The highest BCUT2D eigenvalue weighted by Gasteiger charge is 2.07. The number of benzene rings is 1. The lowest BCUT2D eigenvalue weighted by Crippen LogP contribution is -1.89. The summed E-state index contributed by atoms with van der Waals surface area (Å²) in [6.07, 6.45) is 2.21. The predicted octanol–water partition coefficient (Wildman–Crippen LogP) is 2.46. The summed E-state index contributed by atoms with van der Waals surface area (Å²) < 4.78 is 0.529. The zero-order chi connectivity index (χ0) is 11.4. The van der Waals surface area contributed by atoms with Crippen molar-refractivity contribution in [3.63, 3.8) is 0 Å². The van der Waals surface area contributed by atoms with Crippen LogP contribution in [0.5, 0.6) is 0 Å². The smallest absolute Gasteiger partial charge is 0.328 e. The standard InChI is InChI=1S/C9H6BrNO4/c10-7-3-6(1-2-9(12)13)4-8(5-7)11(14)15/h1-5H,(H,12,13)/b2-1+. The van der Waals surface area contributed by atoms with Crippen molar-refractivity contribution in [3.8, 4) is 0 Å². The minimum Gasteiger partial charge on any atom is -0.478 e. The minimum atomic E-state index is -1.10. The second-order valence-corrected chi connectivity index (χ2v) is 3.59. The minimum absolute atomic E-state index is 0.0885. The third-order valence-corrected chi connectivity index (χ3v) is 1.99. The molecule has 1 N–H and O–H groups in total. The van der Waals surface area contributed by atoms with Gasteiger partial charge in [0, 0.05) is 22.7 Å². The molecule has 0 saturated heterocycles. The topological polar surface area (TPSA) is 80.4 Å². The molecule has 0 saturated carbocycles. The average molecular weight is 272 g/mol. The Morgan fingerprint density at radius 1 is 1.47 bits per heavy atom. The van der Waals surface area contributed by atoms with Gasteiger partial charge >= 0.3 is 5.97 Å². The molecule has 1 rings (SSSR count). The van der Waals surface area contributed by atoms with E-state index in [0.29, 0.717) is 10.0 Å². The van der Waals surface area contributed by atoms with Gasteiger partial charge in [0.2, 0.25) is 0 Å².